The number of carbonyl (C=O) groups is 1. The third kappa shape index (κ3) is 3.76. The van der Waals surface area contributed by atoms with Crippen LogP contribution in [0.5, 0.6) is 0 Å². The Morgan fingerprint density at radius 2 is 2.09 bits per heavy atom. The predicted molar refractivity (Wildman–Crippen MR) is 86.3 cm³/mol. The van der Waals surface area contributed by atoms with Crippen LogP contribution in [0.2, 0.25) is 0 Å². The van der Waals surface area contributed by atoms with E-state index in [-0.39, 0.29) is 17.9 Å². The van der Waals surface area contributed by atoms with Gasteiger partial charge in [-0.1, -0.05) is 13.8 Å². The summed E-state index contributed by atoms with van der Waals surface area (Å²) in [6, 6.07) is 5.94. The number of amides is 1. The van der Waals surface area contributed by atoms with Gasteiger partial charge in [0.15, 0.2) is 0 Å². The van der Waals surface area contributed by atoms with Gasteiger partial charge in [0, 0.05) is 31.2 Å². The van der Waals surface area contributed by atoms with Gasteiger partial charge in [-0.15, -0.1) is 0 Å². The van der Waals surface area contributed by atoms with E-state index in [1.165, 1.54) is 0 Å². The third-order valence-corrected chi connectivity index (χ3v) is 4.44. The van der Waals surface area contributed by atoms with E-state index < -0.39 is 0 Å². The zero-order valence-electron chi connectivity index (χ0n) is 13.5. The molecule has 1 aromatic rings. The van der Waals surface area contributed by atoms with Crippen LogP contribution in [0, 0.1) is 23.2 Å². The molecule has 1 aromatic heterocycles. The standard InChI is InChI=1S/C17H24N4O/c1-12(2)13(3)20-17(22)14-6-9-21(10-7-14)16-15(11-18)5-4-8-19-16/h4-5,8,12-14H,6-7,9-10H2,1-3H3,(H,20,22)/t13-/m0/s1. The maximum Gasteiger partial charge on any atom is 0.223 e. The lowest BCUT2D eigenvalue weighted by Gasteiger charge is -2.33. The van der Waals surface area contributed by atoms with Gasteiger partial charge in [0.1, 0.15) is 11.9 Å². The van der Waals surface area contributed by atoms with Crippen LogP contribution in [0.3, 0.4) is 0 Å². The number of carbonyl (C=O) groups excluding carboxylic acids is 1. The molecule has 22 heavy (non-hydrogen) atoms. The lowest BCUT2D eigenvalue weighted by Crippen LogP contribution is -2.44. The maximum absolute atomic E-state index is 12.3. The molecule has 1 aliphatic rings. The lowest BCUT2D eigenvalue weighted by molar-refractivity contribution is -0.126. The van der Waals surface area contributed by atoms with Crippen LogP contribution in [-0.2, 0) is 4.79 Å². The molecule has 1 saturated heterocycles. The molecule has 1 atom stereocenters. The van der Waals surface area contributed by atoms with Gasteiger partial charge >= 0.3 is 0 Å². The van der Waals surface area contributed by atoms with Crippen molar-refractivity contribution in [3.8, 4) is 6.07 Å². The van der Waals surface area contributed by atoms with Crippen LogP contribution in [0.25, 0.3) is 0 Å². The van der Waals surface area contributed by atoms with E-state index in [9.17, 15) is 4.79 Å². The molecule has 1 amide bonds. The summed E-state index contributed by atoms with van der Waals surface area (Å²) in [4.78, 5) is 18.7. The Morgan fingerprint density at radius 1 is 1.41 bits per heavy atom. The van der Waals surface area contributed by atoms with E-state index in [4.69, 9.17) is 5.26 Å². The molecule has 1 aliphatic heterocycles. The minimum Gasteiger partial charge on any atom is -0.355 e. The smallest absolute Gasteiger partial charge is 0.223 e. The number of hydrogen-bond donors (Lipinski definition) is 1. The predicted octanol–water partition coefficient (Wildman–Crippen LogP) is 2.33. The Labute approximate surface area is 132 Å². The highest BCUT2D eigenvalue weighted by Crippen LogP contribution is 2.24. The Hall–Kier alpha value is -2.09. The van der Waals surface area contributed by atoms with Crippen molar-refractivity contribution in [1.82, 2.24) is 10.3 Å². The van der Waals surface area contributed by atoms with Gasteiger partial charge in [-0.2, -0.15) is 5.26 Å². The van der Waals surface area contributed by atoms with Crippen molar-refractivity contribution in [2.75, 3.05) is 18.0 Å². The number of nitrogens with zero attached hydrogens (tertiary/aromatic N) is 3. The first-order valence-corrected chi connectivity index (χ1v) is 7.93. The van der Waals surface area contributed by atoms with E-state index in [1.54, 1.807) is 18.3 Å². The third-order valence-electron chi connectivity index (χ3n) is 4.44. The first kappa shape index (κ1) is 16.3. The molecule has 0 aliphatic carbocycles. The second-order valence-electron chi connectivity index (χ2n) is 6.29. The fourth-order valence-corrected chi connectivity index (χ4v) is 2.60. The molecule has 5 nitrogen and oxygen atoms in total. The second-order valence-corrected chi connectivity index (χ2v) is 6.29. The molecule has 0 bridgehead atoms. The molecule has 1 fully saturated rings. The van der Waals surface area contributed by atoms with E-state index in [1.807, 2.05) is 6.92 Å². The summed E-state index contributed by atoms with van der Waals surface area (Å²) in [5, 5.41) is 12.3. The molecular formula is C17H24N4O. The van der Waals surface area contributed by atoms with Crippen LogP contribution < -0.4 is 10.2 Å². The van der Waals surface area contributed by atoms with Crippen molar-refractivity contribution < 1.29 is 4.79 Å². The van der Waals surface area contributed by atoms with Gasteiger partial charge in [-0.3, -0.25) is 4.79 Å². The number of anilines is 1. The fraction of sp³-hybridized carbons (Fsp3) is 0.588. The van der Waals surface area contributed by atoms with Crippen molar-refractivity contribution in [2.45, 2.75) is 39.7 Å². The van der Waals surface area contributed by atoms with Crippen LogP contribution in [-0.4, -0.2) is 30.0 Å². The molecule has 0 aromatic carbocycles. The zero-order chi connectivity index (χ0) is 16.1. The van der Waals surface area contributed by atoms with Crippen LogP contribution >= 0.6 is 0 Å². The number of piperidine rings is 1. The molecule has 0 spiro atoms. The molecule has 0 unspecified atom stereocenters. The first-order chi connectivity index (χ1) is 10.5. The Balaban J connectivity index is 1.93. The summed E-state index contributed by atoms with van der Waals surface area (Å²) in [6.07, 6.45) is 3.31. The molecule has 2 rings (SSSR count). The van der Waals surface area contributed by atoms with Crippen LogP contribution in [0.15, 0.2) is 18.3 Å². The molecule has 0 radical (unpaired) electrons. The molecule has 118 valence electrons. The largest absolute Gasteiger partial charge is 0.355 e. The van der Waals surface area contributed by atoms with Crippen molar-refractivity contribution in [1.29, 1.82) is 5.26 Å². The first-order valence-electron chi connectivity index (χ1n) is 7.93. The Kier molecular flexibility index (Phi) is 5.37. The molecule has 1 N–H and O–H groups in total. The Bertz CT molecular complexity index is 556. The topological polar surface area (TPSA) is 69.0 Å². The van der Waals surface area contributed by atoms with Crippen molar-refractivity contribution in [2.24, 2.45) is 11.8 Å². The minimum atomic E-state index is 0.0618. The quantitative estimate of drug-likeness (QED) is 0.926. The summed E-state index contributed by atoms with van der Waals surface area (Å²) in [5.41, 5.74) is 0.596. The van der Waals surface area contributed by atoms with E-state index in [0.29, 0.717) is 11.5 Å². The number of rotatable bonds is 4. The SMILES string of the molecule is CC(C)[C@H](C)NC(=O)C1CCN(c2ncccc2C#N)CC1. The van der Waals surface area contributed by atoms with Crippen molar-refractivity contribution in [3.63, 3.8) is 0 Å². The average molecular weight is 300 g/mol. The highest BCUT2D eigenvalue weighted by molar-refractivity contribution is 5.79. The average Bonchev–Trinajstić information content (AvgIpc) is 2.54. The van der Waals surface area contributed by atoms with Crippen LogP contribution in [0.1, 0.15) is 39.2 Å². The zero-order valence-corrected chi connectivity index (χ0v) is 13.5. The van der Waals surface area contributed by atoms with E-state index >= 15 is 0 Å². The van der Waals surface area contributed by atoms with Gasteiger partial charge in [-0.05, 0) is 37.8 Å². The normalized spacial score (nSPS) is 17.1. The molecule has 5 heteroatoms. The molecular weight excluding hydrogens is 276 g/mol. The monoisotopic (exact) mass is 300 g/mol. The number of pyridine rings is 1. The van der Waals surface area contributed by atoms with Crippen molar-refractivity contribution in [3.05, 3.63) is 23.9 Å². The number of hydrogen-bond acceptors (Lipinski definition) is 4. The van der Waals surface area contributed by atoms with Crippen molar-refractivity contribution >= 4 is 11.7 Å². The van der Waals surface area contributed by atoms with Gasteiger partial charge in [0.2, 0.25) is 5.91 Å². The highest BCUT2D eigenvalue weighted by Gasteiger charge is 2.27. The van der Waals surface area contributed by atoms with E-state index in [2.05, 4.69) is 35.1 Å². The highest BCUT2D eigenvalue weighted by atomic mass is 16.1. The Morgan fingerprint density at radius 3 is 2.68 bits per heavy atom. The summed E-state index contributed by atoms with van der Waals surface area (Å²) >= 11 is 0. The fourth-order valence-electron chi connectivity index (χ4n) is 2.60. The van der Waals surface area contributed by atoms with Crippen LogP contribution in [0.4, 0.5) is 5.82 Å². The number of nitriles is 1. The molecule has 0 saturated carbocycles. The summed E-state index contributed by atoms with van der Waals surface area (Å²) in [6.45, 7) is 7.79. The lowest BCUT2D eigenvalue weighted by atomic mass is 9.94. The van der Waals surface area contributed by atoms with Gasteiger partial charge in [0.05, 0.1) is 5.56 Å². The van der Waals surface area contributed by atoms with Gasteiger partial charge < -0.3 is 10.2 Å². The summed E-state index contributed by atoms with van der Waals surface area (Å²) in [5.74, 6) is 1.39. The maximum atomic E-state index is 12.3. The minimum absolute atomic E-state index is 0.0618. The molecule has 2 heterocycles. The number of aromatic nitrogens is 1. The summed E-state index contributed by atoms with van der Waals surface area (Å²) in [7, 11) is 0. The van der Waals surface area contributed by atoms with Gasteiger partial charge in [0.25, 0.3) is 0 Å². The number of nitrogens with one attached hydrogen (secondary N) is 1. The van der Waals surface area contributed by atoms with E-state index in [0.717, 1.165) is 31.7 Å². The second kappa shape index (κ2) is 7.26. The van der Waals surface area contributed by atoms with Gasteiger partial charge in [-0.25, -0.2) is 4.98 Å². The summed E-state index contributed by atoms with van der Waals surface area (Å²) < 4.78 is 0.